The van der Waals surface area contributed by atoms with Gasteiger partial charge >= 0.3 is 0 Å². The number of methoxy groups -OCH3 is 4. The van der Waals surface area contributed by atoms with Crippen LogP contribution in [0.4, 0.5) is 17.5 Å². The van der Waals surface area contributed by atoms with E-state index in [9.17, 15) is 9.59 Å². The van der Waals surface area contributed by atoms with E-state index in [1.165, 1.54) is 0 Å². The minimum Gasteiger partial charge on any atom is -0.497 e. The van der Waals surface area contributed by atoms with Crippen molar-refractivity contribution in [2.75, 3.05) is 52.2 Å². The molecule has 4 aromatic heterocycles. The average molecular weight is 932 g/mol. The first kappa shape index (κ1) is 45.7. The standard InChI is InChI=1S/C23H25N7O3.C17H15ClN6O2.C5H10N2O/c1-32-15-9-14(10-16(11-15)33-2)29-12-20(25-13-29)27-22-17-5-3-6-18(17)26-23(28-22)30-8-4-7-19(30)21(24)31;1-25-12-6-11(7-13(8-12)26-2)23-9-15(19-10-23)20-16-14-4-3-5-24(14)22-17(18)21-16;6-5(8)4-2-1-3-7-4/h3,5-6,9-13,18-19H,4,7-8H2,1-2H3,(H2,24,31)(H,26,27,28);3-10H,1-2H3,(H,20,21,22);4,7H,1-3H2,(H2,6,8)/t18?,19-;;4-/m0.0/s1. The number of ether oxygens (including phenoxy) is 4. The number of aromatic nitrogens is 7. The van der Waals surface area contributed by atoms with Gasteiger partial charge in [-0.15, -0.1) is 5.10 Å². The van der Waals surface area contributed by atoms with Crippen LogP contribution in [0.5, 0.6) is 23.0 Å². The van der Waals surface area contributed by atoms with Crippen molar-refractivity contribution in [3.8, 4) is 34.4 Å². The van der Waals surface area contributed by atoms with Gasteiger partial charge in [-0.2, -0.15) is 9.98 Å². The molecule has 22 heteroatoms. The Bertz CT molecular complexity index is 2830. The van der Waals surface area contributed by atoms with Crippen LogP contribution in [0.3, 0.4) is 0 Å². The van der Waals surface area contributed by atoms with E-state index < -0.39 is 0 Å². The van der Waals surface area contributed by atoms with E-state index in [0.29, 0.717) is 65.2 Å². The Morgan fingerprint density at radius 1 is 0.821 bits per heavy atom. The second-order valence-electron chi connectivity index (χ2n) is 15.4. The summed E-state index contributed by atoms with van der Waals surface area (Å²) in [5, 5.41) is 13.7. The number of halogens is 1. The summed E-state index contributed by atoms with van der Waals surface area (Å²) in [7, 11) is 6.45. The molecule has 348 valence electrons. The number of allylic oxidation sites excluding steroid dienone is 2. The first-order chi connectivity index (χ1) is 32.5. The van der Waals surface area contributed by atoms with Gasteiger partial charge in [-0.1, -0.05) is 18.2 Å². The van der Waals surface area contributed by atoms with E-state index >= 15 is 0 Å². The molecule has 2 amide bonds. The lowest BCUT2D eigenvalue weighted by molar-refractivity contribution is -0.121. The molecule has 2 saturated heterocycles. The number of anilines is 3. The number of nitrogens with two attached hydrogens (primary N) is 2. The Labute approximate surface area is 390 Å². The Morgan fingerprint density at radius 2 is 1.45 bits per heavy atom. The largest absolute Gasteiger partial charge is 0.497 e. The summed E-state index contributed by atoms with van der Waals surface area (Å²) in [4.78, 5) is 46.7. The number of imidazole rings is 2. The van der Waals surface area contributed by atoms with Crippen LogP contribution in [-0.4, -0.2) is 122 Å². The summed E-state index contributed by atoms with van der Waals surface area (Å²) in [6.07, 6.45) is 18.4. The molecule has 4 aliphatic rings. The zero-order valence-electron chi connectivity index (χ0n) is 37.2. The maximum absolute atomic E-state index is 11.9. The Kier molecular flexibility index (Phi) is 14.0. The highest BCUT2D eigenvalue weighted by molar-refractivity contribution is 6.28. The molecule has 0 bridgehead atoms. The van der Waals surface area contributed by atoms with Gasteiger partial charge in [0.15, 0.2) is 5.82 Å². The average Bonchev–Trinajstić information content (AvgIpc) is 4.19. The van der Waals surface area contributed by atoms with E-state index in [-0.39, 0.29) is 35.2 Å². The van der Waals surface area contributed by atoms with Gasteiger partial charge in [0, 0.05) is 54.7 Å². The van der Waals surface area contributed by atoms with Crippen LogP contribution < -0.4 is 46.4 Å². The number of nitrogens with one attached hydrogen (secondary N) is 3. The number of fused-ring (bicyclic) bond motifs is 2. The topological polar surface area (TPSA) is 253 Å². The number of guanidine groups is 1. The third-order valence-electron chi connectivity index (χ3n) is 11.2. The van der Waals surface area contributed by atoms with Gasteiger partial charge in [0.2, 0.25) is 23.1 Å². The van der Waals surface area contributed by atoms with Crippen LogP contribution in [0, 0.1) is 0 Å². The van der Waals surface area contributed by atoms with Gasteiger partial charge in [-0.3, -0.25) is 9.59 Å². The summed E-state index contributed by atoms with van der Waals surface area (Å²) in [5.74, 6) is 5.17. The van der Waals surface area contributed by atoms with Gasteiger partial charge < -0.3 is 60.4 Å². The second kappa shape index (κ2) is 20.5. The van der Waals surface area contributed by atoms with Crippen molar-refractivity contribution in [2.24, 2.45) is 21.5 Å². The highest BCUT2D eigenvalue weighted by Gasteiger charge is 2.35. The fourth-order valence-electron chi connectivity index (χ4n) is 7.77. The highest BCUT2D eigenvalue weighted by Crippen LogP contribution is 2.30. The summed E-state index contributed by atoms with van der Waals surface area (Å²) in [5.41, 5.74) is 14.1. The molecule has 0 saturated carbocycles. The smallest absolute Gasteiger partial charge is 0.243 e. The fourth-order valence-corrected chi connectivity index (χ4v) is 7.93. The van der Waals surface area contributed by atoms with Gasteiger partial charge in [0.1, 0.15) is 70.7 Å². The molecule has 7 N–H and O–H groups in total. The van der Waals surface area contributed by atoms with E-state index in [4.69, 9.17) is 52.0 Å². The van der Waals surface area contributed by atoms with Crippen LogP contribution in [0.15, 0.2) is 114 Å². The number of rotatable bonds is 11. The molecule has 6 aromatic rings. The number of nitrogens with zero attached hydrogens (tertiary/aromatic N) is 10. The predicted molar refractivity (Wildman–Crippen MR) is 253 cm³/mol. The zero-order valence-corrected chi connectivity index (χ0v) is 37.9. The number of likely N-dealkylation sites (tertiary alicyclic amines) is 1. The van der Waals surface area contributed by atoms with E-state index in [2.05, 4.69) is 36.0 Å². The molecule has 1 unspecified atom stereocenters. The molecule has 3 aliphatic heterocycles. The number of amidine groups is 1. The van der Waals surface area contributed by atoms with E-state index in [1.807, 2.05) is 93.2 Å². The summed E-state index contributed by atoms with van der Waals surface area (Å²) < 4.78 is 26.7. The molecule has 0 spiro atoms. The van der Waals surface area contributed by atoms with Crippen molar-refractivity contribution in [3.63, 3.8) is 0 Å². The number of aliphatic imine (C=N–C) groups is 2. The van der Waals surface area contributed by atoms with E-state index in [1.54, 1.807) is 51.8 Å². The molecule has 7 heterocycles. The fraction of sp³-hybridized carbons (Fsp3) is 0.289. The van der Waals surface area contributed by atoms with Gasteiger partial charge in [-0.25, -0.2) is 19.5 Å². The van der Waals surface area contributed by atoms with Crippen molar-refractivity contribution >= 4 is 58.2 Å². The van der Waals surface area contributed by atoms with Crippen molar-refractivity contribution < 1.29 is 28.5 Å². The van der Waals surface area contributed by atoms with Crippen LogP contribution in [0.1, 0.15) is 25.7 Å². The lowest BCUT2D eigenvalue weighted by Crippen LogP contribution is -2.45. The molecule has 2 fully saturated rings. The van der Waals surface area contributed by atoms with Crippen LogP contribution >= 0.6 is 11.6 Å². The molecule has 21 nitrogen and oxygen atoms in total. The summed E-state index contributed by atoms with van der Waals surface area (Å²) in [6, 6.07) is 14.4. The molecule has 10 rings (SSSR count). The normalized spacial score (nSPS) is 18.1. The summed E-state index contributed by atoms with van der Waals surface area (Å²) >= 11 is 5.98. The molecule has 0 radical (unpaired) electrons. The van der Waals surface area contributed by atoms with Gasteiger partial charge in [0.05, 0.1) is 58.2 Å². The monoisotopic (exact) mass is 931 g/mol. The maximum atomic E-state index is 11.9. The predicted octanol–water partition coefficient (Wildman–Crippen LogP) is 4.44. The Morgan fingerprint density at radius 3 is 2.00 bits per heavy atom. The van der Waals surface area contributed by atoms with Crippen LogP contribution in [0.2, 0.25) is 5.28 Å². The maximum Gasteiger partial charge on any atom is 0.243 e. The number of amides is 2. The number of carbonyl (C=O) groups is 2. The number of benzene rings is 2. The number of hydrogen-bond acceptors (Lipinski definition) is 16. The van der Waals surface area contributed by atoms with Crippen molar-refractivity contribution in [3.05, 3.63) is 109 Å². The van der Waals surface area contributed by atoms with E-state index in [0.717, 1.165) is 48.3 Å². The van der Waals surface area contributed by atoms with Crippen LogP contribution in [0.25, 0.3) is 16.9 Å². The lowest BCUT2D eigenvalue weighted by atomic mass is 10.1. The minimum absolute atomic E-state index is 0.0463. The Balaban J connectivity index is 0.000000159. The quantitative estimate of drug-likeness (QED) is 0.121. The zero-order chi connectivity index (χ0) is 47.0. The molecular formula is C45H50ClN15O6. The minimum atomic E-state index is -0.382. The van der Waals surface area contributed by atoms with Crippen molar-refractivity contribution in [2.45, 2.75) is 43.8 Å². The number of primary amides is 2. The second-order valence-corrected chi connectivity index (χ2v) is 15.8. The van der Waals surface area contributed by atoms with Gasteiger partial charge in [0.25, 0.3) is 0 Å². The molecule has 2 aromatic carbocycles. The third-order valence-corrected chi connectivity index (χ3v) is 11.3. The van der Waals surface area contributed by atoms with Crippen LogP contribution in [-0.2, 0) is 9.59 Å². The van der Waals surface area contributed by atoms with Gasteiger partial charge in [-0.05, 0) is 56.0 Å². The number of hydrogen-bond donors (Lipinski definition) is 5. The molecular weight excluding hydrogens is 882 g/mol. The highest BCUT2D eigenvalue weighted by atomic mass is 35.5. The Hall–Kier alpha value is -7.91. The third kappa shape index (κ3) is 10.6. The first-order valence-corrected chi connectivity index (χ1v) is 21.6. The molecule has 1 aliphatic carbocycles. The first-order valence-electron chi connectivity index (χ1n) is 21.3. The van der Waals surface area contributed by atoms with Crippen molar-refractivity contribution in [1.82, 2.24) is 43.9 Å². The molecule has 3 atom stereocenters. The summed E-state index contributed by atoms with van der Waals surface area (Å²) in [6.45, 7) is 1.64. The number of carbonyl (C=O) groups excluding carboxylic acids is 2. The van der Waals surface area contributed by atoms with Crippen molar-refractivity contribution in [1.29, 1.82) is 0 Å². The lowest BCUT2D eigenvalue weighted by Gasteiger charge is -2.28. The molecule has 67 heavy (non-hydrogen) atoms. The SMILES string of the molecule is COc1cc(OC)cc(-n2cnc(NC3=NC(N4CCC[C@H]4C(N)=O)=NC4C=CC=C34)c2)c1.COc1cc(OC)cc(-n2cnc(Nc3nc(Cl)nn4cccc34)c2)c1.NC(=O)[C@@H]1CCCN1.